The molecule has 1 aliphatic carbocycles. The molecule has 0 unspecified atom stereocenters. The van der Waals surface area contributed by atoms with E-state index >= 15 is 0 Å². The summed E-state index contributed by atoms with van der Waals surface area (Å²) in [6, 6.07) is 0. The minimum atomic E-state index is -2.65. The van der Waals surface area contributed by atoms with Crippen LogP contribution >= 0.6 is 0 Å². The van der Waals surface area contributed by atoms with E-state index in [1.54, 1.807) is 0 Å². The van der Waals surface area contributed by atoms with Crippen LogP contribution in [0.2, 0.25) is 11.1 Å². The molecular formula is C18H40O6Si2. The Morgan fingerprint density at radius 1 is 0.462 bits per heavy atom. The monoisotopic (exact) mass is 408 g/mol. The highest BCUT2D eigenvalue weighted by atomic mass is 28.4. The molecule has 1 rings (SSSR count). The molecule has 0 spiro atoms. The Labute approximate surface area is 162 Å². The average Bonchev–Trinajstić information content (AvgIpc) is 2.63. The highest BCUT2D eigenvalue weighted by molar-refractivity contribution is 6.63. The van der Waals surface area contributed by atoms with Gasteiger partial charge in [-0.25, -0.2) is 0 Å². The quantitative estimate of drug-likeness (QED) is 0.397. The van der Waals surface area contributed by atoms with Crippen molar-refractivity contribution in [1.82, 2.24) is 0 Å². The molecule has 156 valence electrons. The van der Waals surface area contributed by atoms with Crippen LogP contribution in [0.3, 0.4) is 0 Å². The molecule has 0 amide bonds. The third kappa shape index (κ3) is 6.10. The fourth-order valence-electron chi connectivity index (χ4n) is 3.96. The second kappa shape index (κ2) is 12.6. The molecule has 0 N–H and O–H groups in total. The Kier molecular flexibility index (Phi) is 11.8. The molecule has 26 heavy (non-hydrogen) atoms. The number of hydrogen-bond donors (Lipinski definition) is 0. The van der Waals surface area contributed by atoms with Gasteiger partial charge in [0.25, 0.3) is 0 Å². The Balaban J connectivity index is 2.89. The zero-order valence-corrected chi connectivity index (χ0v) is 19.7. The summed E-state index contributed by atoms with van der Waals surface area (Å²) in [5.41, 5.74) is 0.686. The van der Waals surface area contributed by atoms with Gasteiger partial charge in [0.15, 0.2) is 0 Å². The molecule has 0 atom stereocenters. The van der Waals surface area contributed by atoms with Crippen LogP contribution in [0.25, 0.3) is 0 Å². The van der Waals surface area contributed by atoms with Gasteiger partial charge in [-0.1, -0.05) is 0 Å². The van der Waals surface area contributed by atoms with E-state index in [1.807, 2.05) is 41.5 Å². The number of rotatable bonds is 14. The summed E-state index contributed by atoms with van der Waals surface area (Å²) in [6.45, 7) is 15.9. The summed E-state index contributed by atoms with van der Waals surface area (Å²) < 4.78 is 36.8. The van der Waals surface area contributed by atoms with E-state index in [1.165, 1.54) is 0 Å². The zero-order valence-electron chi connectivity index (χ0n) is 17.7. The van der Waals surface area contributed by atoms with Gasteiger partial charge in [-0.15, -0.1) is 0 Å². The van der Waals surface area contributed by atoms with Gasteiger partial charge in [0.1, 0.15) is 0 Å². The van der Waals surface area contributed by atoms with Crippen LogP contribution in [0.4, 0.5) is 0 Å². The molecular weight excluding hydrogens is 368 g/mol. The van der Waals surface area contributed by atoms with E-state index < -0.39 is 17.6 Å². The molecule has 0 heterocycles. The molecule has 0 bridgehead atoms. The molecule has 6 nitrogen and oxygen atoms in total. The Morgan fingerprint density at radius 3 is 0.808 bits per heavy atom. The summed E-state index contributed by atoms with van der Waals surface area (Å²) >= 11 is 0. The van der Waals surface area contributed by atoms with Gasteiger partial charge in [-0.2, -0.15) is 0 Å². The van der Waals surface area contributed by atoms with Crippen LogP contribution in [0.1, 0.15) is 67.2 Å². The van der Waals surface area contributed by atoms with Gasteiger partial charge in [0, 0.05) is 50.7 Å². The van der Waals surface area contributed by atoms with E-state index in [0.29, 0.717) is 50.7 Å². The van der Waals surface area contributed by atoms with Crippen molar-refractivity contribution in [3.8, 4) is 0 Å². The van der Waals surface area contributed by atoms with E-state index in [9.17, 15) is 0 Å². The van der Waals surface area contributed by atoms with Crippen molar-refractivity contribution in [3.63, 3.8) is 0 Å². The standard InChI is InChI=1S/C18H40O6Si2/c1-7-19-25(20-8-2,21-9-3)17-13-15-18(16-14-17)26(22-10-4,23-11-5)24-12-6/h17-18H,7-16H2,1-6H3. The van der Waals surface area contributed by atoms with Gasteiger partial charge in [0.05, 0.1) is 0 Å². The Bertz CT molecular complexity index is 296. The Morgan fingerprint density at radius 2 is 0.654 bits per heavy atom. The first-order chi connectivity index (χ1) is 12.6. The molecule has 0 aliphatic heterocycles. The highest BCUT2D eigenvalue weighted by Crippen LogP contribution is 2.47. The van der Waals surface area contributed by atoms with E-state index in [-0.39, 0.29) is 0 Å². The predicted molar refractivity (Wildman–Crippen MR) is 107 cm³/mol. The third-order valence-electron chi connectivity index (χ3n) is 4.80. The van der Waals surface area contributed by atoms with Gasteiger partial charge in [0.2, 0.25) is 0 Å². The second-order valence-corrected chi connectivity index (χ2v) is 12.1. The van der Waals surface area contributed by atoms with Crippen molar-refractivity contribution in [3.05, 3.63) is 0 Å². The van der Waals surface area contributed by atoms with Crippen molar-refractivity contribution in [2.24, 2.45) is 0 Å². The minimum Gasteiger partial charge on any atom is -0.374 e. The fourth-order valence-corrected chi connectivity index (χ4v) is 10.4. The molecule has 1 aliphatic rings. The smallest absolute Gasteiger partial charge is 0.374 e. The summed E-state index contributed by atoms with van der Waals surface area (Å²) in [6.07, 6.45) is 4.05. The molecule has 0 aromatic heterocycles. The first kappa shape index (κ1) is 24.2. The number of hydrogen-bond acceptors (Lipinski definition) is 6. The lowest BCUT2D eigenvalue weighted by Crippen LogP contribution is -2.54. The molecule has 0 radical (unpaired) electrons. The zero-order chi connectivity index (χ0) is 19.5. The minimum absolute atomic E-state index is 0.343. The first-order valence-electron chi connectivity index (χ1n) is 10.4. The maximum Gasteiger partial charge on any atom is 0.504 e. The molecule has 0 saturated heterocycles. The van der Waals surface area contributed by atoms with Gasteiger partial charge < -0.3 is 26.6 Å². The summed E-state index contributed by atoms with van der Waals surface area (Å²) in [7, 11) is -5.29. The lowest BCUT2D eigenvalue weighted by molar-refractivity contribution is 0.0434. The van der Waals surface area contributed by atoms with E-state index in [2.05, 4.69) is 0 Å². The van der Waals surface area contributed by atoms with Crippen LogP contribution in [0.5, 0.6) is 0 Å². The fraction of sp³-hybridized carbons (Fsp3) is 1.00. The summed E-state index contributed by atoms with van der Waals surface area (Å²) in [4.78, 5) is 0. The normalized spacial score (nSPS) is 21.9. The predicted octanol–water partition coefficient (Wildman–Crippen LogP) is 4.40. The maximum absolute atomic E-state index is 6.13. The Hall–Kier alpha value is 0.194. The first-order valence-corrected chi connectivity index (χ1v) is 14.0. The second-order valence-electron chi connectivity index (χ2n) is 6.35. The summed E-state index contributed by atoms with van der Waals surface area (Å²) in [5.74, 6) is 0. The molecule has 1 saturated carbocycles. The third-order valence-corrected chi connectivity index (χ3v) is 12.1. The highest BCUT2D eigenvalue weighted by Gasteiger charge is 2.55. The van der Waals surface area contributed by atoms with Crippen molar-refractivity contribution in [1.29, 1.82) is 0 Å². The van der Waals surface area contributed by atoms with E-state index in [0.717, 1.165) is 25.7 Å². The average molecular weight is 409 g/mol. The maximum atomic E-state index is 6.13. The lowest BCUT2D eigenvalue weighted by atomic mass is 9.99. The largest absolute Gasteiger partial charge is 0.504 e. The van der Waals surface area contributed by atoms with Crippen LogP contribution in [-0.4, -0.2) is 57.3 Å². The molecule has 0 aromatic rings. The van der Waals surface area contributed by atoms with Crippen LogP contribution in [0, 0.1) is 0 Å². The van der Waals surface area contributed by atoms with Gasteiger partial charge >= 0.3 is 17.6 Å². The summed E-state index contributed by atoms with van der Waals surface area (Å²) in [5, 5.41) is 0. The van der Waals surface area contributed by atoms with Crippen LogP contribution < -0.4 is 0 Å². The molecule has 8 heteroatoms. The van der Waals surface area contributed by atoms with Crippen LogP contribution in [0.15, 0.2) is 0 Å². The molecule has 0 aromatic carbocycles. The van der Waals surface area contributed by atoms with E-state index in [4.69, 9.17) is 26.6 Å². The van der Waals surface area contributed by atoms with Crippen LogP contribution in [-0.2, 0) is 26.6 Å². The van der Waals surface area contributed by atoms with Crippen molar-refractivity contribution in [2.75, 3.05) is 39.6 Å². The van der Waals surface area contributed by atoms with Crippen molar-refractivity contribution < 1.29 is 26.6 Å². The SMILES string of the molecule is CCO[Si](OCC)(OCC)C1CCC([Si](OCC)(OCC)OCC)CC1. The molecule has 1 fully saturated rings. The lowest BCUT2D eigenvalue weighted by Gasteiger charge is -2.42. The van der Waals surface area contributed by atoms with Gasteiger partial charge in [-0.05, 0) is 67.2 Å². The topological polar surface area (TPSA) is 55.4 Å². The van der Waals surface area contributed by atoms with Crippen molar-refractivity contribution >= 4 is 17.6 Å². The van der Waals surface area contributed by atoms with Gasteiger partial charge in [-0.3, -0.25) is 0 Å². The van der Waals surface area contributed by atoms with Crippen molar-refractivity contribution in [2.45, 2.75) is 78.3 Å².